The van der Waals surface area contributed by atoms with Crippen molar-refractivity contribution in [1.82, 2.24) is 0 Å². The van der Waals surface area contributed by atoms with Gasteiger partial charge in [-0.05, 0) is 23.6 Å². The molecule has 0 saturated carbocycles. The van der Waals surface area contributed by atoms with E-state index in [1.165, 1.54) is 11.3 Å². The standard InChI is InChI=1S/C10H4Cl4S/c11-7-4-9(13)8(12)3-6(7)5-1-2-15-10(5)14/h1-4H. The maximum Gasteiger partial charge on any atom is 0.101 e. The van der Waals surface area contributed by atoms with Gasteiger partial charge in [0.05, 0.1) is 15.1 Å². The molecule has 1 aromatic carbocycles. The second-order valence-electron chi connectivity index (χ2n) is 2.85. The van der Waals surface area contributed by atoms with Crippen LogP contribution in [-0.2, 0) is 0 Å². The molecule has 0 bridgehead atoms. The molecule has 0 aliphatic carbocycles. The molecular weight excluding hydrogens is 294 g/mol. The molecule has 2 rings (SSSR count). The number of rotatable bonds is 1. The summed E-state index contributed by atoms with van der Waals surface area (Å²) in [7, 11) is 0. The lowest BCUT2D eigenvalue weighted by atomic mass is 10.1. The largest absolute Gasteiger partial charge is 0.131 e. The zero-order valence-electron chi connectivity index (χ0n) is 7.23. The molecule has 0 spiro atoms. The molecule has 2 aromatic rings. The Hall–Kier alpha value is 0.0800. The fourth-order valence-electron chi connectivity index (χ4n) is 1.22. The topological polar surface area (TPSA) is 0 Å². The highest BCUT2D eigenvalue weighted by Gasteiger charge is 2.11. The van der Waals surface area contributed by atoms with Gasteiger partial charge in [-0.2, -0.15) is 0 Å². The molecule has 1 aromatic heterocycles. The van der Waals surface area contributed by atoms with Crippen LogP contribution in [0.4, 0.5) is 0 Å². The van der Waals surface area contributed by atoms with Crippen molar-refractivity contribution >= 4 is 57.7 Å². The summed E-state index contributed by atoms with van der Waals surface area (Å²) in [5.41, 5.74) is 1.68. The van der Waals surface area contributed by atoms with Gasteiger partial charge < -0.3 is 0 Å². The lowest BCUT2D eigenvalue weighted by Crippen LogP contribution is -1.79. The van der Waals surface area contributed by atoms with E-state index in [1.54, 1.807) is 12.1 Å². The first-order valence-electron chi connectivity index (χ1n) is 3.97. The Balaban J connectivity index is 2.64. The number of benzene rings is 1. The van der Waals surface area contributed by atoms with Gasteiger partial charge in [0, 0.05) is 11.1 Å². The van der Waals surface area contributed by atoms with Crippen LogP contribution < -0.4 is 0 Å². The van der Waals surface area contributed by atoms with E-state index in [4.69, 9.17) is 46.4 Å². The third-order valence-electron chi connectivity index (χ3n) is 1.92. The Morgan fingerprint density at radius 3 is 2.07 bits per heavy atom. The molecule has 0 unspecified atom stereocenters. The van der Waals surface area contributed by atoms with E-state index >= 15 is 0 Å². The number of thiophene rings is 1. The van der Waals surface area contributed by atoms with E-state index in [9.17, 15) is 0 Å². The summed E-state index contributed by atoms with van der Waals surface area (Å²) in [5, 5.41) is 3.36. The minimum Gasteiger partial charge on any atom is -0.131 e. The Morgan fingerprint density at radius 1 is 0.800 bits per heavy atom. The summed E-state index contributed by atoms with van der Waals surface area (Å²) >= 11 is 25.3. The van der Waals surface area contributed by atoms with Gasteiger partial charge in [-0.3, -0.25) is 0 Å². The summed E-state index contributed by atoms with van der Waals surface area (Å²) in [6.45, 7) is 0. The van der Waals surface area contributed by atoms with Crippen LogP contribution in [0, 0.1) is 0 Å². The normalized spacial score (nSPS) is 10.7. The molecule has 0 atom stereocenters. The Labute approximate surface area is 111 Å². The molecule has 78 valence electrons. The predicted molar refractivity (Wildman–Crippen MR) is 69.8 cm³/mol. The molecule has 5 heteroatoms. The van der Waals surface area contributed by atoms with Crippen LogP contribution in [0.25, 0.3) is 11.1 Å². The number of halogens is 4. The van der Waals surface area contributed by atoms with Gasteiger partial charge in [0.2, 0.25) is 0 Å². The quantitative estimate of drug-likeness (QED) is 0.564. The predicted octanol–water partition coefficient (Wildman–Crippen LogP) is 6.03. The van der Waals surface area contributed by atoms with Crippen LogP contribution in [0.2, 0.25) is 19.4 Å². The second-order valence-corrected chi connectivity index (χ2v) is 5.59. The van der Waals surface area contributed by atoms with Crippen molar-refractivity contribution in [2.45, 2.75) is 0 Å². The Bertz CT molecular complexity index is 504. The molecule has 0 fully saturated rings. The average Bonchev–Trinajstić information content (AvgIpc) is 2.58. The third kappa shape index (κ3) is 2.27. The average molecular weight is 298 g/mol. The molecule has 0 saturated heterocycles. The smallest absolute Gasteiger partial charge is 0.101 e. The van der Waals surface area contributed by atoms with Crippen molar-refractivity contribution in [2.75, 3.05) is 0 Å². The summed E-state index contributed by atoms with van der Waals surface area (Å²) in [6, 6.07) is 5.24. The zero-order valence-corrected chi connectivity index (χ0v) is 11.1. The first-order valence-corrected chi connectivity index (χ1v) is 6.36. The summed E-state index contributed by atoms with van der Waals surface area (Å²) in [4.78, 5) is 0. The number of hydrogen-bond acceptors (Lipinski definition) is 1. The highest BCUT2D eigenvalue weighted by atomic mass is 35.5. The maximum atomic E-state index is 6.07. The second kappa shape index (κ2) is 4.52. The fraction of sp³-hybridized carbons (Fsp3) is 0. The van der Waals surface area contributed by atoms with Crippen molar-refractivity contribution in [2.24, 2.45) is 0 Å². The van der Waals surface area contributed by atoms with Gasteiger partial charge in [0.15, 0.2) is 0 Å². The molecule has 0 aliphatic rings. The van der Waals surface area contributed by atoms with Crippen LogP contribution in [0.1, 0.15) is 0 Å². The lowest BCUT2D eigenvalue weighted by Gasteiger charge is -2.05. The molecular formula is C10H4Cl4S. The lowest BCUT2D eigenvalue weighted by molar-refractivity contribution is 1.67. The van der Waals surface area contributed by atoms with Crippen molar-refractivity contribution < 1.29 is 0 Å². The van der Waals surface area contributed by atoms with Crippen LogP contribution in [0.15, 0.2) is 23.6 Å². The SMILES string of the molecule is Clc1cc(Cl)c(-c2ccsc2Cl)cc1Cl. The molecule has 15 heavy (non-hydrogen) atoms. The van der Waals surface area contributed by atoms with Gasteiger partial charge in [-0.15, -0.1) is 11.3 Å². The Kier molecular flexibility index (Phi) is 3.49. The van der Waals surface area contributed by atoms with E-state index in [2.05, 4.69) is 0 Å². The first kappa shape index (κ1) is 11.6. The molecule has 0 aliphatic heterocycles. The van der Waals surface area contributed by atoms with E-state index in [0.717, 1.165) is 11.1 Å². The van der Waals surface area contributed by atoms with Crippen LogP contribution >= 0.6 is 57.7 Å². The maximum absolute atomic E-state index is 6.07. The van der Waals surface area contributed by atoms with Crippen LogP contribution in [0.5, 0.6) is 0 Å². The van der Waals surface area contributed by atoms with Gasteiger partial charge in [0.25, 0.3) is 0 Å². The molecule has 0 nitrogen and oxygen atoms in total. The van der Waals surface area contributed by atoms with Gasteiger partial charge in [-0.1, -0.05) is 46.4 Å². The summed E-state index contributed by atoms with van der Waals surface area (Å²) in [6.07, 6.45) is 0. The van der Waals surface area contributed by atoms with Gasteiger partial charge >= 0.3 is 0 Å². The van der Waals surface area contributed by atoms with E-state index in [1.807, 2.05) is 11.4 Å². The van der Waals surface area contributed by atoms with Crippen LogP contribution in [0.3, 0.4) is 0 Å². The van der Waals surface area contributed by atoms with Crippen LogP contribution in [-0.4, -0.2) is 0 Å². The third-order valence-corrected chi connectivity index (χ3v) is 4.12. The molecule has 0 amide bonds. The van der Waals surface area contributed by atoms with E-state index < -0.39 is 0 Å². The van der Waals surface area contributed by atoms with E-state index in [-0.39, 0.29) is 0 Å². The van der Waals surface area contributed by atoms with Gasteiger partial charge in [-0.25, -0.2) is 0 Å². The zero-order chi connectivity index (χ0) is 11.0. The Morgan fingerprint density at radius 2 is 1.47 bits per heavy atom. The van der Waals surface area contributed by atoms with Crippen molar-refractivity contribution in [1.29, 1.82) is 0 Å². The highest BCUT2D eigenvalue weighted by molar-refractivity contribution is 7.15. The van der Waals surface area contributed by atoms with Crippen molar-refractivity contribution in [3.8, 4) is 11.1 Å². The monoisotopic (exact) mass is 296 g/mol. The van der Waals surface area contributed by atoms with Crippen molar-refractivity contribution in [3.05, 3.63) is 43.0 Å². The van der Waals surface area contributed by atoms with Gasteiger partial charge in [0.1, 0.15) is 4.34 Å². The first-order chi connectivity index (χ1) is 7.09. The molecule has 1 heterocycles. The van der Waals surface area contributed by atoms with Crippen molar-refractivity contribution in [3.63, 3.8) is 0 Å². The fourth-order valence-corrected chi connectivity index (χ4v) is 2.81. The molecule has 0 radical (unpaired) electrons. The molecule has 0 N–H and O–H groups in total. The van der Waals surface area contributed by atoms with E-state index in [0.29, 0.717) is 19.4 Å². The summed E-state index contributed by atoms with van der Waals surface area (Å²) in [5.74, 6) is 0. The number of hydrogen-bond donors (Lipinski definition) is 0. The minimum absolute atomic E-state index is 0.441. The summed E-state index contributed by atoms with van der Waals surface area (Å²) < 4.78 is 0.690. The minimum atomic E-state index is 0.441. The highest BCUT2D eigenvalue weighted by Crippen LogP contribution is 2.40.